The number of carbonyl (C=O) groups excluding carboxylic acids is 1. The van der Waals surface area contributed by atoms with Gasteiger partial charge in [0.05, 0.1) is 13.2 Å². The monoisotopic (exact) mass is 473 g/mol. The number of nitrogens with one attached hydrogen (secondary N) is 1. The summed E-state index contributed by atoms with van der Waals surface area (Å²) in [5.41, 5.74) is 5.01. The van der Waals surface area contributed by atoms with Crippen LogP contribution < -0.4 is 10.2 Å². The molecule has 4 heterocycles. The summed E-state index contributed by atoms with van der Waals surface area (Å²) >= 11 is 0. The first-order valence-corrected chi connectivity index (χ1v) is 11.8. The van der Waals surface area contributed by atoms with Crippen LogP contribution in [0.1, 0.15) is 28.7 Å². The number of hydrogen-bond acceptors (Lipinski definition) is 8. The van der Waals surface area contributed by atoms with E-state index in [1.807, 2.05) is 30.7 Å². The molecule has 4 aromatic rings. The number of nitrogens with zero attached hydrogens (tertiary/aromatic N) is 6. The molecular formula is C26H31N7O2. The molecular weight excluding hydrogens is 442 g/mol. The number of rotatable bonds is 6. The van der Waals surface area contributed by atoms with E-state index in [4.69, 9.17) is 9.72 Å². The number of aromatic nitrogens is 5. The highest BCUT2D eigenvalue weighted by molar-refractivity contribution is 5.89. The second kappa shape index (κ2) is 11.6. The largest absolute Gasteiger partial charge is 0.378 e. The molecule has 9 heteroatoms. The second-order valence-corrected chi connectivity index (χ2v) is 8.23. The van der Waals surface area contributed by atoms with E-state index in [0.29, 0.717) is 56.1 Å². The molecule has 0 saturated carbocycles. The minimum absolute atomic E-state index is 0.171. The Morgan fingerprint density at radius 2 is 1.86 bits per heavy atom. The zero-order valence-corrected chi connectivity index (χ0v) is 20.4. The first-order valence-electron chi connectivity index (χ1n) is 11.8. The third-order valence-corrected chi connectivity index (χ3v) is 5.73. The van der Waals surface area contributed by atoms with Crippen molar-refractivity contribution < 1.29 is 9.53 Å². The molecule has 0 aliphatic carbocycles. The Balaban J connectivity index is 0.000000243. The van der Waals surface area contributed by atoms with Crippen molar-refractivity contribution >= 4 is 23.3 Å². The number of aryl methyl sites for hydroxylation is 2. The number of morpholine rings is 1. The van der Waals surface area contributed by atoms with Gasteiger partial charge in [0.25, 0.3) is 0 Å². The third kappa shape index (κ3) is 5.70. The van der Waals surface area contributed by atoms with Crippen molar-refractivity contribution in [3.8, 4) is 11.4 Å². The molecule has 1 aromatic carbocycles. The van der Waals surface area contributed by atoms with Crippen molar-refractivity contribution in [2.75, 3.05) is 38.3 Å². The van der Waals surface area contributed by atoms with Gasteiger partial charge in [-0.1, -0.05) is 29.8 Å². The number of fused-ring (bicyclic) bond motifs is 1. The highest BCUT2D eigenvalue weighted by Gasteiger charge is 2.23. The van der Waals surface area contributed by atoms with Gasteiger partial charge in [-0.15, -0.1) is 0 Å². The Morgan fingerprint density at radius 3 is 2.51 bits per heavy atom. The Kier molecular flexibility index (Phi) is 8.12. The molecule has 0 spiro atoms. The van der Waals surface area contributed by atoms with Gasteiger partial charge in [-0.3, -0.25) is 9.78 Å². The fraction of sp³-hybridized carbons (Fsp3) is 0.346. The predicted octanol–water partition coefficient (Wildman–Crippen LogP) is 3.27. The van der Waals surface area contributed by atoms with Crippen molar-refractivity contribution in [1.29, 1.82) is 0 Å². The van der Waals surface area contributed by atoms with Crippen LogP contribution >= 0.6 is 0 Å². The molecule has 5 rings (SSSR count). The summed E-state index contributed by atoms with van der Waals surface area (Å²) in [5, 5.41) is 3.11. The zero-order valence-electron chi connectivity index (χ0n) is 20.4. The van der Waals surface area contributed by atoms with Gasteiger partial charge in [-0.05, 0) is 38.6 Å². The van der Waals surface area contributed by atoms with E-state index >= 15 is 0 Å². The van der Waals surface area contributed by atoms with Crippen molar-refractivity contribution in [2.45, 2.75) is 26.9 Å². The number of carbonyl (C=O) groups is 1. The second-order valence-electron chi connectivity index (χ2n) is 8.23. The van der Waals surface area contributed by atoms with E-state index in [1.54, 1.807) is 12.4 Å². The normalized spacial score (nSPS) is 13.4. The van der Waals surface area contributed by atoms with Gasteiger partial charge in [-0.2, -0.15) is 0 Å². The quantitative estimate of drug-likeness (QED) is 0.426. The predicted molar refractivity (Wildman–Crippen MR) is 137 cm³/mol. The van der Waals surface area contributed by atoms with Crippen LogP contribution in [0.5, 0.6) is 0 Å². The minimum Gasteiger partial charge on any atom is -0.378 e. The van der Waals surface area contributed by atoms with Gasteiger partial charge in [0, 0.05) is 44.1 Å². The van der Waals surface area contributed by atoms with Gasteiger partial charge in [0.1, 0.15) is 5.82 Å². The molecule has 9 nitrogen and oxygen atoms in total. The Labute approximate surface area is 205 Å². The Hall–Kier alpha value is -3.69. The highest BCUT2D eigenvalue weighted by atomic mass is 16.5. The van der Waals surface area contributed by atoms with E-state index in [0.717, 1.165) is 17.9 Å². The first-order chi connectivity index (χ1) is 17.1. The fourth-order valence-corrected chi connectivity index (χ4v) is 4.10. The number of ether oxygens (including phenoxy) is 1. The molecule has 182 valence electrons. The molecule has 0 radical (unpaired) electrons. The lowest BCUT2D eigenvalue weighted by Crippen LogP contribution is -2.37. The average Bonchev–Trinajstić information content (AvgIpc) is 3.28. The van der Waals surface area contributed by atoms with Gasteiger partial charge in [0.2, 0.25) is 0 Å². The first kappa shape index (κ1) is 24.4. The number of imidazole rings is 1. The molecule has 3 aromatic heterocycles. The number of hydrogen-bond donors (Lipinski definition) is 1. The lowest BCUT2D eigenvalue weighted by molar-refractivity contribution is 0.111. The van der Waals surface area contributed by atoms with E-state index in [-0.39, 0.29) is 5.82 Å². The summed E-state index contributed by atoms with van der Waals surface area (Å²) in [7, 11) is 1.96. The van der Waals surface area contributed by atoms with Gasteiger partial charge < -0.3 is 19.5 Å². The molecule has 0 unspecified atom stereocenters. The van der Waals surface area contributed by atoms with Crippen LogP contribution in [-0.2, 0) is 17.8 Å². The summed E-state index contributed by atoms with van der Waals surface area (Å²) in [6.07, 6.45) is 4.16. The Morgan fingerprint density at radius 1 is 1.09 bits per heavy atom. The van der Waals surface area contributed by atoms with Crippen LogP contribution in [0.4, 0.5) is 5.82 Å². The number of anilines is 1. The fourth-order valence-electron chi connectivity index (χ4n) is 4.10. The van der Waals surface area contributed by atoms with E-state index in [9.17, 15) is 4.79 Å². The van der Waals surface area contributed by atoms with Crippen LogP contribution in [0.15, 0.2) is 48.8 Å². The summed E-state index contributed by atoms with van der Waals surface area (Å²) in [6.45, 7) is 8.49. The number of benzene rings is 1. The molecule has 1 aliphatic rings. The maximum atomic E-state index is 11.4. The van der Waals surface area contributed by atoms with Crippen molar-refractivity contribution in [3.05, 3.63) is 65.7 Å². The third-order valence-electron chi connectivity index (χ3n) is 5.73. The van der Waals surface area contributed by atoms with Crippen LogP contribution in [0.2, 0.25) is 0 Å². The average molecular weight is 474 g/mol. The zero-order chi connectivity index (χ0) is 24.6. The minimum atomic E-state index is 0.171. The maximum absolute atomic E-state index is 11.4. The standard InChI is InChI=1S/C17H18N6O2.C9H13N/c1-2-23-15(12-3-5-18-6-4-12)21-14-16(22-7-9-25-10-8-22)19-13(11-24)20-17(14)23;1-8-4-3-5-9(6-8)7-10-2/h3-6,11H,2,7-10H2,1H3;3-6,10H,7H2,1-2H3. The van der Waals surface area contributed by atoms with Crippen molar-refractivity contribution in [3.63, 3.8) is 0 Å². The molecule has 0 bridgehead atoms. The summed E-state index contributed by atoms with van der Waals surface area (Å²) in [5.74, 6) is 1.66. The van der Waals surface area contributed by atoms with Crippen molar-refractivity contribution in [2.24, 2.45) is 0 Å². The molecule has 0 atom stereocenters. The molecule has 35 heavy (non-hydrogen) atoms. The maximum Gasteiger partial charge on any atom is 0.196 e. The van der Waals surface area contributed by atoms with Gasteiger partial charge in [-0.25, -0.2) is 15.0 Å². The highest BCUT2D eigenvalue weighted by Crippen LogP contribution is 2.29. The van der Waals surface area contributed by atoms with E-state index < -0.39 is 0 Å². The summed E-state index contributed by atoms with van der Waals surface area (Å²) < 4.78 is 7.43. The number of pyridine rings is 1. The van der Waals surface area contributed by atoms with Crippen LogP contribution in [0.25, 0.3) is 22.6 Å². The lowest BCUT2D eigenvalue weighted by atomic mass is 10.1. The van der Waals surface area contributed by atoms with Gasteiger partial charge in [0.15, 0.2) is 29.1 Å². The van der Waals surface area contributed by atoms with Crippen LogP contribution in [-0.4, -0.2) is 64.1 Å². The van der Waals surface area contributed by atoms with Crippen LogP contribution in [0, 0.1) is 6.92 Å². The van der Waals surface area contributed by atoms with Crippen LogP contribution in [0.3, 0.4) is 0 Å². The smallest absolute Gasteiger partial charge is 0.196 e. The van der Waals surface area contributed by atoms with E-state index in [1.165, 1.54) is 11.1 Å². The molecule has 0 amide bonds. The summed E-state index contributed by atoms with van der Waals surface area (Å²) in [6, 6.07) is 12.3. The van der Waals surface area contributed by atoms with E-state index in [2.05, 4.69) is 56.4 Å². The van der Waals surface area contributed by atoms with Crippen molar-refractivity contribution in [1.82, 2.24) is 29.8 Å². The molecule has 1 saturated heterocycles. The van der Waals surface area contributed by atoms with Gasteiger partial charge >= 0.3 is 0 Å². The summed E-state index contributed by atoms with van der Waals surface area (Å²) in [4.78, 5) is 31.2. The molecule has 1 N–H and O–H groups in total. The topological polar surface area (TPSA) is 98.1 Å². The SMILES string of the molecule is CCn1c(-c2ccncc2)nc2c(N3CCOCC3)nc(C=O)nc21.CNCc1cccc(C)c1. The molecule has 1 aliphatic heterocycles. The lowest BCUT2D eigenvalue weighted by Gasteiger charge is -2.27. The molecule has 1 fully saturated rings. The Bertz CT molecular complexity index is 1270. The number of aldehydes is 1.